The van der Waals surface area contributed by atoms with E-state index in [1.165, 1.54) is 0 Å². The van der Waals surface area contributed by atoms with Crippen LogP contribution in [-0.2, 0) is 0 Å². The maximum Gasteiger partial charge on any atom is 0.119 e. The van der Waals surface area contributed by atoms with Gasteiger partial charge in [-0.2, -0.15) is 0 Å². The standard InChI is InChI=1S/C16H26N2O/c1-4-16(3)13-17-14(2)12-18(16)10-11-19-15-8-6-5-7-9-15/h5-9,14,17H,4,10-13H2,1-3H3. The lowest BCUT2D eigenvalue weighted by Gasteiger charge is -2.47. The number of hydrogen-bond acceptors (Lipinski definition) is 3. The minimum Gasteiger partial charge on any atom is -0.492 e. The molecule has 106 valence electrons. The maximum atomic E-state index is 5.82. The van der Waals surface area contributed by atoms with E-state index in [1.54, 1.807) is 0 Å². The summed E-state index contributed by atoms with van der Waals surface area (Å²) in [5.41, 5.74) is 0.257. The molecule has 2 rings (SSSR count). The molecule has 0 bridgehead atoms. The SMILES string of the molecule is CCC1(C)CNC(C)CN1CCOc1ccccc1. The smallest absolute Gasteiger partial charge is 0.119 e. The summed E-state index contributed by atoms with van der Waals surface area (Å²) in [5, 5.41) is 3.58. The minimum atomic E-state index is 0.257. The molecule has 2 unspecified atom stereocenters. The van der Waals surface area contributed by atoms with Gasteiger partial charge < -0.3 is 10.1 Å². The predicted molar refractivity (Wildman–Crippen MR) is 79.7 cm³/mol. The van der Waals surface area contributed by atoms with Crippen molar-refractivity contribution < 1.29 is 4.74 Å². The zero-order valence-electron chi connectivity index (χ0n) is 12.4. The molecule has 0 aliphatic carbocycles. The van der Waals surface area contributed by atoms with Crippen molar-refractivity contribution in [3.8, 4) is 5.75 Å². The molecule has 1 heterocycles. The molecule has 1 aliphatic rings. The van der Waals surface area contributed by atoms with Gasteiger partial charge in [0.2, 0.25) is 0 Å². The van der Waals surface area contributed by atoms with Crippen LogP contribution in [0, 0.1) is 0 Å². The first-order chi connectivity index (χ1) is 9.14. The van der Waals surface area contributed by atoms with E-state index in [0.29, 0.717) is 6.04 Å². The van der Waals surface area contributed by atoms with Gasteiger partial charge in [0.05, 0.1) is 0 Å². The molecular weight excluding hydrogens is 236 g/mol. The first kappa shape index (κ1) is 14.4. The second kappa shape index (κ2) is 6.40. The lowest BCUT2D eigenvalue weighted by Crippen LogP contribution is -2.63. The summed E-state index contributed by atoms with van der Waals surface area (Å²) in [7, 11) is 0. The topological polar surface area (TPSA) is 24.5 Å². The highest BCUT2D eigenvalue weighted by Gasteiger charge is 2.34. The van der Waals surface area contributed by atoms with Crippen LogP contribution in [0.1, 0.15) is 27.2 Å². The first-order valence-electron chi connectivity index (χ1n) is 7.30. The quantitative estimate of drug-likeness (QED) is 0.882. The number of hydrogen-bond donors (Lipinski definition) is 1. The molecular formula is C16H26N2O. The molecule has 0 aromatic heterocycles. The molecule has 1 saturated heterocycles. The molecule has 3 nitrogen and oxygen atoms in total. The van der Waals surface area contributed by atoms with E-state index in [-0.39, 0.29) is 5.54 Å². The Bertz CT molecular complexity index is 382. The van der Waals surface area contributed by atoms with E-state index in [4.69, 9.17) is 4.74 Å². The van der Waals surface area contributed by atoms with Crippen LogP contribution < -0.4 is 10.1 Å². The molecule has 19 heavy (non-hydrogen) atoms. The third-order valence-electron chi connectivity index (χ3n) is 4.22. The monoisotopic (exact) mass is 262 g/mol. The molecule has 1 aliphatic heterocycles. The fourth-order valence-electron chi connectivity index (χ4n) is 2.62. The van der Waals surface area contributed by atoms with Crippen molar-refractivity contribution >= 4 is 0 Å². The van der Waals surface area contributed by atoms with Crippen molar-refractivity contribution in [2.75, 3.05) is 26.2 Å². The molecule has 2 atom stereocenters. The van der Waals surface area contributed by atoms with Crippen LogP contribution >= 0.6 is 0 Å². The Morgan fingerprint density at radius 1 is 1.37 bits per heavy atom. The molecule has 1 aromatic carbocycles. The number of para-hydroxylation sites is 1. The third kappa shape index (κ3) is 3.71. The van der Waals surface area contributed by atoms with Crippen LogP contribution in [0.25, 0.3) is 0 Å². The minimum absolute atomic E-state index is 0.257. The van der Waals surface area contributed by atoms with E-state index in [0.717, 1.165) is 38.4 Å². The average molecular weight is 262 g/mol. The van der Waals surface area contributed by atoms with Gasteiger partial charge in [-0.15, -0.1) is 0 Å². The van der Waals surface area contributed by atoms with Gasteiger partial charge in [-0.25, -0.2) is 0 Å². The Hall–Kier alpha value is -1.06. The summed E-state index contributed by atoms with van der Waals surface area (Å²) in [6.07, 6.45) is 1.16. The van der Waals surface area contributed by atoms with Gasteiger partial charge in [0.1, 0.15) is 12.4 Å². The molecule has 3 heteroatoms. The molecule has 0 radical (unpaired) electrons. The van der Waals surface area contributed by atoms with Gasteiger partial charge in [0.15, 0.2) is 0 Å². The van der Waals surface area contributed by atoms with Gasteiger partial charge in [0, 0.05) is 31.2 Å². The highest BCUT2D eigenvalue weighted by atomic mass is 16.5. The van der Waals surface area contributed by atoms with E-state index in [1.807, 2.05) is 30.3 Å². The fourth-order valence-corrected chi connectivity index (χ4v) is 2.62. The number of rotatable bonds is 5. The first-order valence-corrected chi connectivity index (χ1v) is 7.30. The molecule has 1 N–H and O–H groups in total. The van der Waals surface area contributed by atoms with Crippen LogP contribution in [0.3, 0.4) is 0 Å². The highest BCUT2D eigenvalue weighted by Crippen LogP contribution is 2.22. The van der Waals surface area contributed by atoms with E-state index in [2.05, 4.69) is 31.0 Å². The second-order valence-electron chi connectivity index (χ2n) is 5.74. The average Bonchev–Trinajstić information content (AvgIpc) is 2.44. The van der Waals surface area contributed by atoms with Crippen molar-refractivity contribution in [2.45, 2.75) is 38.8 Å². The zero-order valence-corrected chi connectivity index (χ0v) is 12.4. The molecule has 1 fully saturated rings. The second-order valence-corrected chi connectivity index (χ2v) is 5.74. The van der Waals surface area contributed by atoms with Gasteiger partial charge >= 0.3 is 0 Å². The lowest BCUT2D eigenvalue weighted by atomic mass is 9.92. The molecule has 0 spiro atoms. The number of nitrogens with one attached hydrogen (secondary N) is 1. The third-order valence-corrected chi connectivity index (χ3v) is 4.22. The Balaban J connectivity index is 1.86. The van der Waals surface area contributed by atoms with Crippen LogP contribution in [0.2, 0.25) is 0 Å². The number of benzene rings is 1. The van der Waals surface area contributed by atoms with Crippen molar-refractivity contribution in [1.29, 1.82) is 0 Å². The van der Waals surface area contributed by atoms with E-state index < -0.39 is 0 Å². The van der Waals surface area contributed by atoms with E-state index in [9.17, 15) is 0 Å². The van der Waals surface area contributed by atoms with Gasteiger partial charge in [0.25, 0.3) is 0 Å². The molecule has 1 aromatic rings. The number of nitrogens with zero attached hydrogens (tertiary/aromatic N) is 1. The number of ether oxygens (including phenoxy) is 1. The van der Waals surface area contributed by atoms with Crippen molar-refractivity contribution in [2.24, 2.45) is 0 Å². The van der Waals surface area contributed by atoms with Crippen LogP contribution in [0.15, 0.2) is 30.3 Å². The summed E-state index contributed by atoms with van der Waals surface area (Å²) in [5.74, 6) is 0.962. The van der Waals surface area contributed by atoms with Crippen LogP contribution in [0.5, 0.6) is 5.75 Å². The summed E-state index contributed by atoms with van der Waals surface area (Å²) < 4.78 is 5.82. The summed E-state index contributed by atoms with van der Waals surface area (Å²) in [4.78, 5) is 2.57. The summed E-state index contributed by atoms with van der Waals surface area (Å²) in [6, 6.07) is 10.6. The predicted octanol–water partition coefficient (Wildman–Crippen LogP) is 2.53. The molecule has 0 amide bonds. The van der Waals surface area contributed by atoms with Gasteiger partial charge in [-0.3, -0.25) is 4.90 Å². The molecule has 0 saturated carbocycles. The van der Waals surface area contributed by atoms with E-state index >= 15 is 0 Å². The fraction of sp³-hybridized carbons (Fsp3) is 0.625. The Morgan fingerprint density at radius 3 is 2.79 bits per heavy atom. The van der Waals surface area contributed by atoms with Crippen LogP contribution in [-0.4, -0.2) is 42.7 Å². The Morgan fingerprint density at radius 2 is 2.11 bits per heavy atom. The summed E-state index contributed by atoms with van der Waals surface area (Å²) >= 11 is 0. The highest BCUT2D eigenvalue weighted by molar-refractivity contribution is 5.20. The van der Waals surface area contributed by atoms with Crippen molar-refractivity contribution in [3.63, 3.8) is 0 Å². The maximum absolute atomic E-state index is 5.82. The van der Waals surface area contributed by atoms with Gasteiger partial charge in [-0.1, -0.05) is 25.1 Å². The van der Waals surface area contributed by atoms with Gasteiger partial charge in [-0.05, 0) is 32.4 Å². The lowest BCUT2D eigenvalue weighted by molar-refractivity contribution is 0.0408. The Labute approximate surface area is 116 Å². The van der Waals surface area contributed by atoms with Crippen molar-refractivity contribution in [1.82, 2.24) is 10.2 Å². The summed E-state index contributed by atoms with van der Waals surface area (Å²) in [6.45, 7) is 10.8. The van der Waals surface area contributed by atoms with Crippen molar-refractivity contribution in [3.05, 3.63) is 30.3 Å². The largest absolute Gasteiger partial charge is 0.492 e. The zero-order chi connectivity index (χ0) is 13.7. The van der Waals surface area contributed by atoms with Crippen LogP contribution in [0.4, 0.5) is 0 Å². The normalized spacial score (nSPS) is 28.3. The Kier molecular flexibility index (Phi) is 4.83. The number of piperazine rings is 1.